The highest BCUT2D eigenvalue weighted by Crippen LogP contribution is 2.40. The summed E-state index contributed by atoms with van der Waals surface area (Å²) in [6, 6.07) is 3.88. The Morgan fingerprint density at radius 3 is 2.55 bits per heavy atom. The SMILES string of the molecule is C=C(C)C[C@H](c1ccc(Cl)c(Br)c1O)N1CCNCC1.Cl.Cl. The van der Waals surface area contributed by atoms with E-state index in [1.54, 1.807) is 0 Å². The summed E-state index contributed by atoms with van der Waals surface area (Å²) in [4.78, 5) is 2.39. The van der Waals surface area contributed by atoms with Crippen molar-refractivity contribution in [3.05, 3.63) is 39.3 Å². The molecule has 2 N–H and O–H groups in total. The number of nitrogens with zero attached hydrogens (tertiary/aromatic N) is 1. The van der Waals surface area contributed by atoms with Gasteiger partial charge in [-0.2, -0.15) is 0 Å². The second kappa shape index (κ2) is 10.0. The van der Waals surface area contributed by atoms with E-state index in [0.29, 0.717) is 9.50 Å². The fourth-order valence-electron chi connectivity index (χ4n) is 2.58. The predicted octanol–water partition coefficient (Wildman–Crippen LogP) is 4.56. The quantitative estimate of drug-likeness (QED) is 0.685. The molecule has 7 heteroatoms. The van der Waals surface area contributed by atoms with Crippen LogP contribution in [-0.4, -0.2) is 36.2 Å². The van der Waals surface area contributed by atoms with E-state index in [0.717, 1.165) is 43.7 Å². The summed E-state index contributed by atoms with van der Waals surface area (Å²) in [6.45, 7) is 9.94. The number of halogens is 4. The Morgan fingerprint density at radius 2 is 2.00 bits per heavy atom. The molecule has 0 aromatic heterocycles. The minimum absolute atomic E-state index is 0. The third kappa shape index (κ3) is 5.29. The van der Waals surface area contributed by atoms with Gasteiger partial charge in [-0.1, -0.05) is 23.2 Å². The van der Waals surface area contributed by atoms with Crippen molar-refractivity contribution in [2.24, 2.45) is 0 Å². The van der Waals surface area contributed by atoms with Crippen LogP contribution in [0, 0.1) is 0 Å². The van der Waals surface area contributed by atoms with Crippen LogP contribution in [0.25, 0.3) is 0 Å². The zero-order valence-corrected chi connectivity index (χ0v) is 16.4. The van der Waals surface area contributed by atoms with E-state index in [4.69, 9.17) is 11.6 Å². The maximum atomic E-state index is 10.4. The number of hydrogen-bond acceptors (Lipinski definition) is 3. The van der Waals surface area contributed by atoms with Crippen molar-refractivity contribution in [2.45, 2.75) is 19.4 Å². The van der Waals surface area contributed by atoms with Gasteiger partial charge in [0.15, 0.2) is 0 Å². The minimum Gasteiger partial charge on any atom is -0.506 e. The fraction of sp³-hybridized carbons (Fsp3) is 0.467. The normalized spacial score (nSPS) is 16.3. The first-order valence-corrected chi connectivity index (χ1v) is 7.94. The van der Waals surface area contributed by atoms with Crippen LogP contribution in [0.2, 0.25) is 5.02 Å². The van der Waals surface area contributed by atoms with E-state index in [2.05, 4.69) is 32.7 Å². The van der Waals surface area contributed by atoms with Crippen LogP contribution >= 0.6 is 52.3 Å². The molecule has 0 bridgehead atoms. The maximum Gasteiger partial charge on any atom is 0.136 e. The Morgan fingerprint density at radius 1 is 1.41 bits per heavy atom. The molecule has 0 unspecified atom stereocenters. The number of phenolic OH excluding ortho intramolecular Hbond substituents is 1. The van der Waals surface area contributed by atoms with Crippen LogP contribution in [0.15, 0.2) is 28.8 Å². The van der Waals surface area contributed by atoms with Crippen molar-refractivity contribution in [3.8, 4) is 5.75 Å². The Labute approximate surface area is 158 Å². The molecule has 1 aliphatic heterocycles. The third-order valence-electron chi connectivity index (χ3n) is 3.59. The van der Waals surface area contributed by atoms with Crippen LogP contribution in [0.1, 0.15) is 24.9 Å². The summed E-state index contributed by atoms with van der Waals surface area (Å²) in [5.74, 6) is 0.238. The van der Waals surface area contributed by atoms with Gasteiger partial charge >= 0.3 is 0 Å². The summed E-state index contributed by atoms with van der Waals surface area (Å²) < 4.78 is 0.568. The molecule has 1 heterocycles. The first-order valence-electron chi connectivity index (χ1n) is 6.76. The highest BCUT2D eigenvalue weighted by molar-refractivity contribution is 9.10. The molecule has 22 heavy (non-hydrogen) atoms. The van der Waals surface area contributed by atoms with Gasteiger partial charge in [0.1, 0.15) is 5.75 Å². The van der Waals surface area contributed by atoms with Crippen molar-refractivity contribution in [1.29, 1.82) is 0 Å². The lowest BCUT2D eigenvalue weighted by Crippen LogP contribution is -2.45. The second-order valence-electron chi connectivity index (χ2n) is 5.26. The van der Waals surface area contributed by atoms with Crippen LogP contribution in [-0.2, 0) is 0 Å². The third-order valence-corrected chi connectivity index (χ3v) is 4.94. The van der Waals surface area contributed by atoms with Crippen molar-refractivity contribution >= 4 is 52.3 Å². The Bertz CT molecular complexity index is 508. The van der Waals surface area contributed by atoms with Crippen LogP contribution < -0.4 is 5.32 Å². The maximum absolute atomic E-state index is 10.4. The smallest absolute Gasteiger partial charge is 0.136 e. The van der Waals surface area contributed by atoms with Gasteiger partial charge in [-0.3, -0.25) is 4.90 Å². The molecule has 0 saturated carbocycles. The van der Waals surface area contributed by atoms with Gasteiger partial charge in [0.05, 0.1) is 9.50 Å². The van der Waals surface area contributed by atoms with E-state index in [1.165, 1.54) is 0 Å². The van der Waals surface area contributed by atoms with Gasteiger partial charge in [-0.15, -0.1) is 31.4 Å². The molecule has 126 valence electrons. The fourth-order valence-corrected chi connectivity index (χ4v) is 3.10. The molecule has 1 aliphatic rings. The van der Waals surface area contributed by atoms with E-state index in [9.17, 15) is 5.11 Å². The first-order chi connectivity index (χ1) is 9.50. The molecule has 1 saturated heterocycles. The van der Waals surface area contributed by atoms with E-state index in [1.807, 2.05) is 19.1 Å². The average molecular weight is 433 g/mol. The van der Waals surface area contributed by atoms with Crippen LogP contribution in [0.3, 0.4) is 0 Å². The first kappa shape index (κ1) is 22.0. The monoisotopic (exact) mass is 430 g/mol. The van der Waals surface area contributed by atoms with Crippen molar-refractivity contribution in [2.75, 3.05) is 26.2 Å². The van der Waals surface area contributed by atoms with Gasteiger partial charge in [0, 0.05) is 37.8 Å². The standard InChI is InChI=1S/C15H20BrClN2O.2ClH/c1-10(2)9-13(19-7-5-18-6-8-19)11-3-4-12(17)14(16)15(11)20;;/h3-4,13,18,20H,1,5-9H2,2H3;2*1H/t13-;;/m1../s1. The predicted molar refractivity (Wildman–Crippen MR) is 102 cm³/mol. The average Bonchev–Trinajstić information content (AvgIpc) is 2.44. The molecule has 2 rings (SSSR count). The largest absolute Gasteiger partial charge is 0.506 e. The second-order valence-corrected chi connectivity index (χ2v) is 6.46. The van der Waals surface area contributed by atoms with Gasteiger partial charge in [0.2, 0.25) is 0 Å². The van der Waals surface area contributed by atoms with E-state index >= 15 is 0 Å². The zero-order valence-electron chi connectivity index (χ0n) is 12.4. The molecule has 1 fully saturated rings. The number of nitrogens with one attached hydrogen (secondary N) is 1. The highest BCUT2D eigenvalue weighted by Gasteiger charge is 2.25. The molecule has 1 aromatic carbocycles. The number of piperazine rings is 1. The van der Waals surface area contributed by atoms with Crippen molar-refractivity contribution in [1.82, 2.24) is 10.2 Å². The van der Waals surface area contributed by atoms with E-state index in [-0.39, 0.29) is 36.6 Å². The number of benzene rings is 1. The Balaban J connectivity index is 0.00000220. The molecule has 0 radical (unpaired) electrons. The lowest BCUT2D eigenvalue weighted by atomic mass is 9.97. The summed E-state index contributed by atoms with van der Waals surface area (Å²) >= 11 is 9.39. The number of rotatable bonds is 4. The molecule has 1 aromatic rings. The lowest BCUT2D eigenvalue weighted by Gasteiger charge is -2.36. The molecular weight excluding hydrogens is 410 g/mol. The molecule has 1 atom stereocenters. The number of hydrogen-bond donors (Lipinski definition) is 2. The highest BCUT2D eigenvalue weighted by atomic mass is 79.9. The van der Waals surface area contributed by atoms with Gasteiger partial charge < -0.3 is 10.4 Å². The minimum atomic E-state index is 0. The Kier molecular flexibility index (Phi) is 10.0. The van der Waals surface area contributed by atoms with Gasteiger partial charge in [-0.25, -0.2) is 0 Å². The van der Waals surface area contributed by atoms with Crippen LogP contribution in [0.4, 0.5) is 0 Å². The molecule has 3 nitrogen and oxygen atoms in total. The summed E-state index contributed by atoms with van der Waals surface area (Å²) in [5.41, 5.74) is 2.02. The van der Waals surface area contributed by atoms with Gasteiger partial charge in [-0.05, 0) is 35.3 Å². The number of phenols is 1. The van der Waals surface area contributed by atoms with Gasteiger partial charge in [0.25, 0.3) is 0 Å². The summed E-state index contributed by atoms with van der Waals surface area (Å²) in [5, 5.41) is 14.3. The molecule has 0 aliphatic carbocycles. The summed E-state index contributed by atoms with van der Waals surface area (Å²) in [7, 11) is 0. The summed E-state index contributed by atoms with van der Waals surface area (Å²) in [6.07, 6.45) is 0.835. The van der Waals surface area contributed by atoms with Crippen molar-refractivity contribution in [3.63, 3.8) is 0 Å². The number of aromatic hydroxyl groups is 1. The lowest BCUT2D eigenvalue weighted by molar-refractivity contribution is 0.170. The molecular formula is C15H22BrCl3N2O. The topological polar surface area (TPSA) is 35.5 Å². The Hall–Kier alpha value is 0.0300. The van der Waals surface area contributed by atoms with E-state index < -0.39 is 0 Å². The van der Waals surface area contributed by atoms with Crippen LogP contribution in [0.5, 0.6) is 5.75 Å². The molecule has 0 spiro atoms. The molecule has 0 amide bonds. The van der Waals surface area contributed by atoms with Crippen molar-refractivity contribution < 1.29 is 5.11 Å². The zero-order chi connectivity index (χ0) is 14.7.